The maximum atomic E-state index is 13.4. The molecular weight excluding hydrogens is 372 g/mol. The number of hydrogen-bond acceptors (Lipinski definition) is 3. The van der Waals surface area contributed by atoms with Gasteiger partial charge in [-0.25, -0.2) is 8.42 Å². The standard InChI is InChI=1S/C22H34N2O3S/c1-8-23(14-15(2)3)22(25)20-9-11-24(12-10-20)28(26,27)21-18(6)16(4)13-17(5)19(21)7/h13,20H,2,8-12,14H2,1,3-7H3. The van der Waals surface area contributed by atoms with Gasteiger partial charge in [-0.05, 0) is 76.6 Å². The molecule has 1 fully saturated rings. The van der Waals surface area contributed by atoms with Gasteiger partial charge in [0.1, 0.15) is 0 Å². The van der Waals surface area contributed by atoms with Crippen molar-refractivity contribution in [1.29, 1.82) is 0 Å². The first-order valence-electron chi connectivity index (χ1n) is 10.0. The van der Waals surface area contributed by atoms with E-state index in [9.17, 15) is 13.2 Å². The summed E-state index contributed by atoms with van der Waals surface area (Å²) in [5.74, 6) is -0.00602. The van der Waals surface area contributed by atoms with Crippen molar-refractivity contribution < 1.29 is 13.2 Å². The van der Waals surface area contributed by atoms with Gasteiger partial charge >= 0.3 is 0 Å². The molecule has 0 saturated carbocycles. The number of likely N-dealkylation sites (N-methyl/N-ethyl adjacent to an activating group) is 1. The predicted molar refractivity (Wildman–Crippen MR) is 114 cm³/mol. The first-order valence-corrected chi connectivity index (χ1v) is 11.4. The molecule has 28 heavy (non-hydrogen) atoms. The maximum Gasteiger partial charge on any atom is 0.243 e. The number of rotatable bonds is 6. The Hall–Kier alpha value is -1.66. The fourth-order valence-corrected chi connectivity index (χ4v) is 6.01. The van der Waals surface area contributed by atoms with Gasteiger partial charge in [-0.15, -0.1) is 0 Å². The van der Waals surface area contributed by atoms with Crippen molar-refractivity contribution in [3.63, 3.8) is 0 Å². The second-order valence-corrected chi connectivity index (χ2v) is 9.95. The van der Waals surface area contributed by atoms with Crippen molar-refractivity contribution in [2.45, 2.75) is 59.3 Å². The quantitative estimate of drug-likeness (QED) is 0.676. The number of nitrogens with zero attached hydrogens (tertiary/aromatic N) is 2. The normalized spacial score (nSPS) is 16.2. The number of amides is 1. The average molecular weight is 407 g/mol. The number of hydrogen-bond donors (Lipinski definition) is 0. The smallest absolute Gasteiger partial charge is 0.243 e. The SMILES string of the molecule is C=C(C)CN(CC)C(=O)C1CCN(S(=O)(=O)c2c(C)c(C)cc(C)c2C)CC1. The molecule has 1 aliphatic rings. The third kappa shape index (κ3) is 4.49. The summed E-state index contributed by atoms with van der Waals surface area (Å²) >= 11 is 0. The molecule has 1 aliphatic heterocycles. The van der Waals surface area contributed by atoms with E-state index in [0.717, 1.165) is 27.8 Å². The number of benzene rings is 1. The highest BCUT2D eigenvalue weighted by Crippen LogP contribution is 2.31. The van der Waals surface area contributed by atoms with Gasteiger partial charge in [0, 0.05) is 32.1 Å². The molecule has 0 radical (unpaired) electrons. The van der Waals surface area contributed by atoms with Gasteiger partial charge in [-0.3, -0.25) is 4.79 Å². The number of aryl methyl sites for hydroxylation is 2. The van der Waals surface area contributed by atoms with Gasteiger partial charge in [-0.1, -0.05) is 18.2 Å². The third-order valence-corrected chi connectivity index (χ3v) is 8.03. The molecule has 5 nitrogen and oxygen atoms in total. The zero-order valence-corrected chi connectivity index (χ0v) is 18.9. The maximum absolute atomic E-state index is 13.4. The molecule has 156 valence electrons. The van der Waals surface area contributed by atoms with Crippen LogP contribution in [0.1, 0.15) is 48.9 Å². The summed E-state index contributed by atoms with van der Waals surface area (Å²) in [6.07, 6.45) is 1.13. The number of piperidine rings is 1. The highest BCUT2D eigenvalue weighted by Gasteiger charge is 2.35. The topological polar surface area (TPSA) is 57.7 Å². The van der Waals surface area contributed by atoms with E-state index in [4.69, 9.17) is 0 Å². The molecule has 2 rings (SSSR count). The van der Waals surface area contributed by atoms with E-state index in [1.165, 1.54) is 0 Å². The van der Waals surface area contributed by atoms with Gasteiger partial charge < -0.3 is 4.90 Å². The van der Waals surface area contributed by atoms with Crippen LogP contribution in [-0.4, -0.2) is 49.7 Å². The number of carbonyl (C=O) groups excluding carboxylic acids is 1. The molecule has 0 aliphatic carbocycles. The minimum Gasteiger partial charge on any atom is -0.339 e. The van der Waals surface area contributed by atoms with E-state index in [-0.39, 0.29) is 11.8 Å². The summed E-state index contributed by atoms with van der Waals surface area (Å²) < 4.78 is 28.3. The van der Waals surface area contributed by atoms with E-state index < -0.39 is 10.0 Å². The molecular formula is C22H34N2O3S. The van der Waals surface area contributed by atoms with Gasteiger partial charge in [-0.2, -0.15) is 4.31 Å². The zero-order valence-electron chi connectivity index (χ0n) is 18.1. The van der Waals surface area contributed by atoms with Crippen molar-refractivity contribution in [2.24, 2.45) is 5.92 Å². The molecule has 0 spiro atoms. The molecule has 0 unspecified atom stereocenters. The molecule has 6 heteroatoms. The number of sulfonamides is 1. The first-order chi connectivity index (χ1) is 13.0. The fourth-order valence-electron chi connectivity index (χ4n) is 3.97. The summed E-state index contributed by atoms with van der Waals surface area (Å²) in [6, 6.07) is 2.04. The van der Waals surface area contributed by atoms with Crippen molar-refractivity contribution >= 4 is 15.9 Å². The van der Waals surface area contributed by atoms with Crippen molar-refractivity contribution in [3.05, 3.63) is 40.5 Å². The summed E-state index contributed by atoms with van der Waals surface area (Å²) in [6.45, 7) is 17.4. The van der Waals surface area contributed by atoms with E-state index in [0.29, 0.717) is 43.9 Å². The van der Waals surface area contributed by atoms with Crippen LogP contribution < -0.4 is 0 Å². The molecule has 1 saturated heterocycles. The Kier molecular flexibility index (Phi) is 7.10. The summed E-state index contributed by atoms with van der Waals surface area (Å²) in [5, 5.41) is 0. The van der Waals surface area contributed by atoms with Crippen LogP contribution in [0.3, 0.4) is 0 Å². The van der Waals surface area contributed by atoms with Crippen LogP contribution in [0.2, 0.25) is 0 Å². The van der Waals surface area contributed by atoms with E-state index in [1.54, 1.807) is 4.31 Å². The lowest BCUT2D eigenvalue weighted by atomic mass is 9.96. The van der Waals surface area contributed by atoms with Crippen LogP contribution in [0.4, 0.5) is 0 Å². The van der Waals surface area contributed by atoms with E-state index >= 15 is 0 Å². The summed E-state index contributed by atoms with van der Waals surface area (Å²) in [5.41, 5.74) is 4.58. The Morgan fingerprint density at radius 2 is 1.64 bits per heavy atom. The molecule has 1 aromatic carbocycles. The zero-order chi connectivity index (χ0) is 21.2. The summed E-state index contributed by atoms with van der Waals surface area (Å²) in [4.78, 5) is 15.1. The van der Waals surface area contributed by atoms with E-state index in [1.807, 2.05) is 52.5 Å². The number of carbonyl (C=O) groups is 1. The van der Waals surface area contributed by atoms with Gasteiger partial charge in [0.2, 0.25) is 15.9 Å². The van der Waals surface area contributed by atoms with Crippen LogP contribution in [0.5, 0.6) is 0 Å². The van der Waals surface area contributed by atoms with Crippen LogP contribution in [0.15, 0.2) is 23.1 Å². The monoisotopic (exact) mass is 406 g/mol. The Bertz CT molecular complexity index is 840. The molecule has 0 aromatic heterocycles. The largest absolute Gasteiger partial charge is 0.339 e. The molecule has 1 amide bonds. The lowest BCUT2D eigenvalue weighted by molar-refractivity contribution is -0.136. The molecule has 0 N–H and O–H groups in total. The van der Waals surface area contributed by atoms with Crippen molar-refractivity contribution in [2.75, 3.05) is 26.2 Å². The second kappa shape index (κ2) is 8.78. The van der Waals surface area contributed by atoms with Crippen molar-refractivity contribution in [3.8, 4) is 0 Å². The predicted octanol–water partition coefficient (Wildman–Crippen LogP) is 3.75. The van der Waals surface area contributed by atoms with Crippen molar-refractivity contribution in [1.82, 2.24) is 9.21 Å². The fraction of sp³-hybridized carbons (Fsp3) is 0.591. The minimum atomic E-state index is -3.57. The lowest BCUT2D eigenvalue weighted by Gasteiger charge is -2.34. The van der Waals surface area contributed by atoms with Crippen LogP contribution in [0, 0.1) is 33.6 Å². The second-order valence-electron chi connectivity index (χ2n) is 8.08. The van der Waals surface area contributed by atoms with Crippen LogP contribution >= 0.6 is 0 Å². The third-order valence-electron chi connectivity index (χ3n) is 5.85. The minimum absolute atomic E-state index is 0.112. The molecule has 1 aromatic rings. The highest BCUT2D eigenvalue weighted by atomic mass is 32.2. The van der Waals surface area contributed by atoms with Gasteiger partial charge in [0.05, 0.1) is 4.90 Å². The molecule has 0 atom stereocenters. The average Bonchev–Trinajstić information content (AvgIpc) is 2.64. The Morgan fingerprint density at radius 3 is 2.07 bits per heavy atom. The van der Waals surface area contributed by atoms with Gasteiger partial charge in [0.15, 0.2) is 0 Å². The highest BCUT2D eigenvalue weighted by molar-refractivity contribution is 7.89. The van der Waals surface area contributed by atoms with Crippen LogP contribution in [0.25, 0.3) is 0 Å². The summed E-state index contributed by atoms with van der Waals surface area (Å²) in [7, 11) is -3.57. The molecule has 1 heterocycles. The Morgan fingerprint density at radius 1 is 1.14 bits per heavy atom. The first kappa shape index (κ1) is 22.6. The Labute approximate surface area is 170 Å². The Balaban J connectivity index is 2.19. The lowest BCUT2D eigenvalue weighted by Crippen LogP contribution is -2.45. The van der Waals surface area contributed by atoms with Crippen LogP contribution in [-0.2, 0) is 14.8 Å². The molecule has 0 bridgehead atoms. The van der Waals surface area contributed by atoms with E-state index in [2.05, 4.69) is 6.58 Å². The van der Waals surface area contributed by atoms with Gasteiger partial charge in [0.25, 0.3) is 0 Å².